The zero-order chi connectivity index (χ0) is 23.7. The van der Waals surface area contributed by atoms with E-state index in [0.29, 0.717) is 37.9 Å². The SMILES string of the molecule is COc1ccc([C@H]2C(C(C)=O)=C(C)N=c3sc(=Cc4ccc(OC)cc4OC)c(=O)n32)cc1. The van der Waals surface area contributed by atoms with Crippen molar-refractivity contribution in [1.82, 2.24) is 4.57 Å². The Morgan fingerprint density at radius 1 is 1.03 bits per heavy atom. The number of methoxy groups -OCH3 is 3. The number of benzene rings is 2. The van der Waals surface area contributed by atoms with Crippen LogP contribution in [0.5, 0.6) is 17.2 Å². The number of fused-ring (bicyclic) bond motifs is 1. The van der Waals surface area contributed by atoms with Gasteiger partial charge in [-0.2, -0.15) is 0 Å². The molecule has 0 aliphatic carbocycles. The third-order valence-electron chi connectivity index (χ3n) is 5.56. The smallest absolute Gasteiger partial charge is 0.271 e. The Morgan fingerprint density at radius 3 is 2.30 bits per heavy atom. The predicted octanol–water partition coefficient (Wildman–Crippen LogP) is 2.85. The van der Waals surface area contributed by atoms with Gasteiger partial charge in [-0.25, -0.2) is 4.99 Å². The van der Waals surface area contributed by atoms with E-state index in [1.54, 1.807) is 45.0 Å². The van der Waals surface area contributed by atoms with Gasteiger partial charge in [0.2, 0.25) is 0 Å². The molecule has 8 heteroatoms. The van der Waals surface area contributed by atoms with Crippen LogP contribution in [0.1, 0.15) is 31.0 Å². The Labute approximate surface area is 194 Å². The molecule has 0 spiro atoms. The lowest BCUT2D eigenvalue weighted by Gasteiger charge is -2.24. The lowest BCUT2D eigenvalue weighted by Crippen LogP contribution is -2.39. The molecule has 0 saturated heterocycles. The van der Waals surface area contributed by atoms with Crippen LogP contribution in [0.4, 0.5) is 0 Å². The van der Waals surface area contributed by atoms with Gasteiger partial charge < -0.3 is 14.2 Å². The molecule has 0 bridgehead atoms. The number of rotatable bonds is 6. The normalized spacial score (nSPS) is 15.7. The van der Waals surface area contributed by atoms with E-state index in [9.17, 15) is 9.59 Å². The third-order valence-corrected chi connectivity index (χ3v) is 6.54. The highest BCUT2D eigenvalue weighted by Crippen LogP contribution is 2.31. The van der Waals surface area contributed by atoms with Crippen LogP contribution in [0.3, 0.4) is 0 Å². The summed E-state index contributed by atoms with van der Waals surface area (Å²) < 4.78 is 18.1. The molecule has 0 radical (unpaired) electrons. The summed E-state index contributed by atoms with van der Waals surface area (Å²) >= 11 is 1.28. The van der Waals surface area contributed by atoms with Crippen LogP contribution >= 0.6 is 11.3 Å². The Balaban J connectivity index is 1.94. The van der Waals surface area contributed by atoms with Gasteiger partial charge in [-0.3, -0.25) is 14.2 Å². The molecule has 1 aliphatic rings. The highest BCUT2D eigenvalue weighted by atomic mass is 32.1. The van der Waals surface area contributed by atoms with Crippen molar-refractivity contribution in [2.75, 3.05) is 21.3 Å². The van der Waals surface area contributed by atoms with Gasteiger partial charge in [-0.15, -0.1) is 0 Å². The average Bonchev–Trinajstić information content (AvgIpc) is 3.12. The van der Waals surface area contributed by atoms with E-state index in [0.717, 1.165) is 11.1 Å². The first kappa shape index (κ1) is 22.5. The standard InChI is InChI=1S/C25H24N2O5S/c1-14-22(15(2)28)23(16-6-9-18(30-3)10-7-16)27-24(29)21(33-25(27)26-14)12-17-8-11-19(31-4)13-20(17)32-5/h6-13,23H,1-5H3/t23-/m0/s1. The maximum absolute atomic E-state index is 13.6. The van der Waals surface area contributed by atoms with Crippen molar-refractivity contribution in [3.63, 3.8) is 0 Å². The quantitative estimate of drug-likeness (QED) is 0.561. The molecule has 7 nitrogen and oxygen atoms in total. The first-order chi connectivity index (χ1) is 15.9. The topological polar surface area (TPSA) is 79.1 Å². The molecule has 2 heterocycles. The summed E-state index contributed by atoms with van der Waals surface area (Å²) in [6.45, 7) is 3.30. The number of thiazole rings is 1. The summed E-state index contributed by atoms with van der Waals surface area (Å²) in [4.78, 5) is 31.3. The largest absolute Gasteiger partial charge is 0.497 e. The Hall–Kier alpha value is -3.65. The van der Waals surface area contributed by atoms with Gasteiger partial charge in [-0.05, 0) is 49.8 Å². The van der Waals surface area contributed by atoms with Crippen molar-refractivity contribution < 1.29 is 19.0 Å². The number of nitrogens with zero attached hydrogens (tertiary/aromatic N) is 2. The van der Waals surface area contributed by atoms with Gasteiger partial charge in [0.05, 0.1) is 31.9 Å². The molecular formula is C25H24N2O5S. The Bertz CT molecular complexity index is 1430. The van der Waals surface area contributed by atoms with Crippen molar-refractivity contribution in [2.45, 2.75) is 19.9 Å². The van der Waals surface area contributed by atoms with Gasteiger partial charge in [0, 0.05) is 22.9 Å². The van der Waals surface area contributed by atoms with Crippen LogP contribution in [0, 0.1) is 0 Å². The number of Topliss-reactive ketones (excluding diaryl/α,β-unsaturated/α-hetero) is 1. The fourth-order valence-electron chi connectivity index (χ4n) is 3.95. The predicted molar refractivity (Wildman–Crippen MR) is 127 cm³/mol. The van der Waals surface area contributed by atoms with Crippen molar-refractivity contribution in [2.24, 2.45) is 4.99 Å². The molecule has 0 unspecified atom stereocenters. The number of carbonyl (C=O) groups is 1. The summed E-state index contributed by atoms with van der Waals surface area (Å²) in [7, 11) is 4.75. The molecule has 2 aromatic carbocycles. The molecule has 0 N–H and O–H groups in total. The van der Waals surface area contributed by atoms with Crippen LogP contribution in [0.15, 0.2) is 63.5 Å². The fourth-order valence-corrected chi connectivity index (χ4v) is 4.99. The van der Waals surface area contributed by atoms with Crippen molar-refractivity contribution in [1.29, 1.82) is 0 Å². The molecule has 1 aromatic heterocycles. The molecule has 0 saturated carbocycles. The average molecular weight is 465 g/mol. The van der Waals surface area contributed by atoms with Crippen LogP contribution < -0.4 is 29.1 Å². The summed E-state index contributed by atoms with van der Waals surface area (Å²) in [5.41, 5.74) is 2.44. The van der Waals surface area contributed by atoms with Crippen LogP contribution in [-0.2, 0) is 4.79 Å². The van der Waals surface area contributed by atoms with E-state index in [1.165, 1.54) is 18.3 Å². The second kappa shape index (κ2) is 9.07. The minimum atomic E-state index is -0.565. The minimum absolute atomic E-state index is 0.122. The monoisotopic (exact) mass is 464 g/mol. The number of aromatic nitrogens is 1. The van der Waals surface area contributed by atoms with Crippen LogP contribution in [0.25, 0.3) is 6.08 Å². The van der Waals surface area contributed by atoms with Crippen LogP contribution in [0.2, 0.25) is 0 Å². The van der Waals surface area contributed by atoms with Crippen LogP contribution in [-0.4, -0.2) is 31.7 Å². The number of hydrogen-bond acceptors (Lipinski definition) is 7. The minimum Gasteiger partial charge on any atom is -0.497 e. The molecule has 0 amide bonds. The number of hydrogen-bond donors (Lipinski definition) is 0. The Morgan fingerprint density at radius 2 is 1.70 bits per heavy atom. The first-order valence-corrected chi connectivity index (χ1v) is 11.1. The van der Waals surface area contributed by atoms with Gasteiger partial charge in [0.15, 0.2) is 10.6 Å². The molecule has 1 aliphatic heterocycles. The second-order valence-electron chi connectivity index (χ2n) is 7.52. The number of carbonyl (C=O) groups excluding carboxylic acids is 1. The lowest BCUT2D eigenvalue weighted by atomic mass is 9.93. The van der Waals surface area contributed by atoms with E-state index >= 15 is 0 Å². The maximum atomic E-state index is 13.6. The summed E-state index contributed by atoms with van der Waals surface area (Å²) in [6, 6.07) is 12.2. The summed E-state index contributed by atoms with van der Waals surface area (Å²) in [5.74, 6) is 1.82. The lowest BCUT2D eigenvalue weighted by molar-refractivity contribution is -0.114. The van der Waals surface area contributed by atoms with Gasteiger partial charge in [-0.1, -0.05) is 23.5 Å². The summed E-state index contributed by atoms with van der Waals surface area (Å²) in [5, 5.41) is 0. The number of ether oxygens (including phenoxy) is 3. The van der Waals surface area contributed by atoms with E-state index in [4.69, 9.17) is 14.2 Å². The number of ketones is 1. The molecule has 4 rings (SSSR count). The third kappa shape index (κ3) is 4.09. The zero-order valence-electron chi connectivity index (χ0n) is 19.0. The number of allylic oxidation sites excluding steroid dienone is 2. The molecular weight excluding hydrogens is 440 g/mol. The highest BCUT2D eigenvalue weighted by Gasteiger charge is 2.30. The highest BCUT2D eigenvalue weighted by molar-refractivity contribution is 7.07. The summed E-state index contributed by atoms with van der Waals surface area (Å²) in [6.07, 6.45) is 1.78. The first-order valence-electron chi connectivity index (χ1n) is 10.3. The second-order valence-corrected chi connectivity index (χ2v) is 8.53. The fraction of sp³-hybridized carbons (Fsp3) is 0.240. The molecule has 3 aromatic rings. The van der Waals surface area contributed by atoms with Gasteiger partial charge >= 0.3 is 0 Å². The maximum Gasteiger partial charge on any atom is 0.271 e. The van der Waals surface area contributed by atoms with Gasteiger partial charge in [0.1, 0.15) is 17.2 Å². The van der Waals surface area contributed by atoms with E-state index < -0.39 is 6.04 Å². The molecule has 1 atom stereocenters. The van der Waals surface area contributed by atoms with Gasteiger partial charge in [0.25, 0.3) is 5.56 Å². The molecule has 0 fully saturated rings. The molecule has 170 valence electrons. The van der Waals surface area contributed by atoms with Crippen molar-refractivity contribution in [3.05, 3.63) is 84.5 Å². The zero-order valence-corrected chi connectivity index (χ0v) is 19.9. The van der Waals surface area contributed by atoms with Crippen molar-refractivity contribution >= 4 is 23.2 Å². The van der Waals surface area contributed by atoms with E-state index in [-0.39, 0.29) is 11.3 Å². The van der Waals surface area contributed by atoms with E-state index in [2.05, 4.69) is 4.99 Å². The Kier molecular flexibility index (Phi) is 6.20. The van der Waals surface area contributed by atoms with Crippen molar-refractivity contribution in [3.8, 4) is 17.2 Å². The van der Waals surface area contributed by atoms with E-state index in [1.807, 2.05) is 36.4 Å². The molecule has 33 heavy (non-hydrogen) atoms.